The van der Waals surface area contributed by atoms with Gasteiger partial charge >= 0.3 is 0 Å². The first-order chi connectivity index (χ1) is 13.5. The predicted octanol–water partition coefficient (Wildman–Crippen LogP) is 7.22. The second-order valence-corrected chi connectivity index (χ2v) is 8.79. The van der Waals surface area contributed by atoms with Crippen molar-refractivity contribution in [3.05, 3.63) is 84.4 Å². The minimum atomic E-state index is 0.502. The molecule has 0 bridgehead atoms. The lowest BCUT2D eigenvalue weighted by atomic mass is 10.1. The molecule has 6 heteroatoms. The molecule has 0 amide bonds. The van der Waals surface area contributed by atoms with E-state index in [-0.39, 0.29) is 0 Å². The maximum Gasteiger partial charge on any atom is 0.174 e. The lowest BCUT2D eigenvalue weighted by molar-refractivity contribution is 0.282. The van der Waals surface area contributed by atoms with Gasteiger partial charge in [-0.1, -0.05) is 41.4 Å². The number of hydrogen-bond donors (Lipinski definition) is 1. The van der Waals surface area contributed by atoms with Gasteiger partial charge in [-0.3, -0.25) is 0 Å². The summed E-state index contributed by atoms with van der Waals surface area (Å²) in [5.41, 5.74) is 4.42. The van der Waals surface area contributed by atoms with Gasteiger partial charge in [-0.05, 0) is 86.9 Å². The lowest BCUT2D eigenvalue weighted by Crippen LogP contribution is -2.03. The van der Waals surface area contributed by atoms with Crippen molar-refractivity contribution in [2.24, 2.45) is 0 Å². The van der Waals surface area contributed by atoms with Gasteiger partial charge < -0.3 is 14.8 Å². The van der Waals surface area contributed by atoms with E-state index in [9.17, 15) is 0 Å². The van der Waals surface area contributed by atoms with Crippen LogP contribution in [-0.2, 0) is 13.2 Å². The minimum Gasteiger partial charge on any atom is -0.493 e. The van der Waals surface area contributed by atoms with Gasteiger partial charge in [-0.25, -0.2) is 0 Å². The first-order valence-corrected chi connectivity index (χ1v) is 10.9. The molecule has 0 spiro atoms. The molecule has 0 saturated carbocycles. The molecule has 0 atom stereocenters. The van der Waals surface area contributed by atoms with Crippen LogP contribution >= 0.6 is 50.1 Å². The Bertz CT molecular complexity index is 963. The third-order valence-electron chi connectivity index (χ3n) is 4.21. The summed E-state index contributed by atoms with van der Waals surface area (Å²) in [6, 6.07) is 18.2. The van der Waals surface area contributed by atoms with E-state index in [0.29, 0.717) is 18.2 Å². The van der Waals surface area contributed by atoms with Gasteiger partial charge in [0.1, 0.15) is 6.61 Å². The maximum absolute atomic E-state index is 6.16. The molecule has 0 aliphatic rings. The molecule has 0 aliphatic carbocycles. The van der Waals surface area contributed by atoms with Crippen molar-refractivity contribution >= 4 is 55.8 Å². The summed E-state index contributed by atoms with van der Waals surface area (Å²) in [4.78, 5) is 0. The summed E-state index contributed by atoms with van der Waals surface area (Å²) in [5, 5.41) is 4.06. The van der Waals surface area contributed by atoms with Gasteiger partial charge in [0, 0.05) is 16.7 Å². The summed E-state index contributed by atoms with van der Waals surface area (Å²) in [6.45, 7) is 3.23. The number of aryl methyl sites for hydroxylation is 1. The molecule has 0 heterocycles. The van der Waals surface area contributed by atoms with Crippen LogP contribution in [-0.4, -0.2) is 7.11 Å². The van der Waals surface area contributed by atoms with Crippen LogP contribution in [0.4, 0.5) is 5.69 Å². The molecule has 0 fully saturated rings. The molecule has 28 heavy (non-hydrogen) atoms. The summed E-state index contributed by atoms with van der Waals surface area (Å²) >= 11 is 11.9. The van der Waals surface area contributed by atoms with E-state index < -0.39 is 0 Å². The molecule has 1 N–H and O–H groups in total. The van der Waals surface area contributed by atoms with Crippen LogP contribution in [0.3, 0.4) is 0 Å². The molecule has 3 aromatic carbocycles. The van der Waals surface area contributed by atoms with Gasteiger partial charge in [0.15, 0.2) is 11.5 Å². The highest BCUT2D eigenvalue weighted by atomic mass is 127. The first kappa shape index (κ1) is 21.3. The van der Waals surface area contributed by atoms with Crippen LogP contribution in [0.2, 0.25) is 5.02 Å². The van der Waals surface area contributed by atoms with Crippen LogP contribution in [0.1, 0.15) is 16.7 Å². The molecule has 0 radical (unpaired) electrons. The monoisotopic (exact) mass is 571 g/mol. The molecule has 3 nitrogen and oxygen atoms in total. The van der Waals surface area contributed by atoms with Gasteiger partial charge in [0.25, 0.3) is 0 Å². The van der Waals surface area contributed by atoms with E-state index in [1.54, 1.807) is 7.11 Å². The largest absolute Gasteiger partial charge is 0.493 e. The normalized spacial score (nSPS) is 10.6. The fraction of sp³-hybridized carbons (Fsp3) is 0.182. The summed E-state index contributed by atoms with van der Waals surface area (Å²) in [6.07, 6.45) is 0. The van der Waals surface area contributed by atoms with E-state index in [0.717, 1.165) is 36.4 Å². The van der Waals surface area contributed by atoms with Crippen LogP contribution in [0.5, 0.6) is 11.5 Å². The standard InChI is InChI=1S/C22H20BrClINO2/c1-14-3-5-15(6-4-14)13-28-22-20(25)9-16(10-21(22)27-2)12-26-17-7-8-18(23)19(24)11-17/h3-11,26H,12-13H2,1-2H3. The molecule has 3 aromatic rings. The molecule has 146 valence electrons. The third kappa shape index (κ3) is 5.55. The van der Waals surface area contributed by atoms with Crippen LogP contribution in [0.25, 0.3) is 0 Å². The smallest absolute Gasteiger partial charge is 0.174 e. The Morgan fingerprint density at radius 1 is 1.04 bits per heavy atom. The SMILES string of the molecule is COc1cc(CNc2ccc(Br)c(Cl)c2)cc(I)c1OCc1ccc(C)cc1. The Balaban J connectivity index is 1.71. The number of anilines is 1. The number of benzene rings is 3. The molecule has 3 rings (SSSR count). The molecular formula is C22H20BrClINO2. The zero-order valence-corrected chi connectivity index (χ0v) is 20.1. The highest BCUT2D eigenvalue weighted by Gasteiger charge is 2.12. The van der Waals surface area contributed by atoms with E-state index >= 15 is 0 Å². The number of ether oxygens (including phenoxy) is 2. The highest BCUT2D eigenvalue weighted by Crippen LogP contribution is 2.35. The Hall–Kier alpha value is -1.44. The zero-order valence-electron chi connectivity index (χ0n) is 15.6. The number of nitrogens with one attached hydrogen (secondary N) is 1. The Morgan fingerprint density at radius 3 is 2.46 bits per heavy atom. The van der Waals surface area contributed by atoms with Crippen molar-refractivity contribution in [3.63, 3.8) is 0 Å². The van der Waals surface area contributed by atoms with Gasteiger partial charge in [-0.2, -0.15) is 0 Å². The predicted molar refractivity (Wildman–Crippen MR) is 128 cm³/mol. The molecule has 0 unspecified atom stereocenters. The van der Waals surface area contributed by atoms with Gasteiger partial charge in [0.2, 0.25) is 0 Å². The van der Waals surface area contributed by atoms with E-state index in [4.69, 9.17) is 21.1 Å². The van der Waals surface area contributed by atoms with E-state index in [1.165, 1.54) is 5.56 Å². The van der Waals surface area contributed by atoms with Crippen molar-refractivity contribution in [1.29, 1.82) is 0 Å². The van der Waals surface area contributed by atoms with Crippen molar-refractivity contribution in [1.82, 2.24) is 0 Å². The van der Waals surface area contributed by atoms with Crippen molar-refractivity contribution in [3.8, 4) is 11.5 Å². The van der Waals surface area contributed by atoms with E-state index in [2.05, 4.69) is 81.1 Å². The minimum absolute atomic E-state index is 0.502. The van der Waals surface area contributed by atoms with Crippen LogP contribution in [0, 0.1) is 10.5 Å². The fourth-order valence-electron chi connectivity index (χ4n) is 2.67. The van der Waals surface area contributed by atoms with Gasteiger partial charge in [0.05, 0.1) is 15.7 Å². The zero-order chi connectivity index (χ0) is 20.1. The molecule has 0 aromatic heterocycles. The molecule has 0 aliphatic heterocycles. The summed E-state index contributed by atoms with van der Waals surface area (Å²) in [7, 11) is 1.66. The Morgan fingerprint density at radius 2 is 1.79 bits per heavy atom. The Kier molecular flexibility index (Phi) is 7.48. The third-order valence-corrected chi connectivity index (χ3v) is 6.24. The average Bonchev–Trinajstić information content (AvgIpc) is 2.69. The van der Waals surface area contributed by atoms with Crippen LogP contribution in [0.15, 0.2) is 59.1 Å². The second-order valence-electron chi connectivity index (χ2n) is 6.37. The summed E-state index contributed by atoms with van der Waals surface area (Å²) in [5.74, 6) is 1.49. The van der Waals surface area contributed by atoms with Gasteiger partial charge in [-0.15, -0.1) is 0 Å². The Labute approximate surface area is 192 Å². The number of halogens is 3. The van der Waals surface area contributed by atoms with E-state index in [1.807, 2.05) is 24.3 Å². The van der Waals surface area contributed by atoms with Crippen molar-refractivity contribution in [2.75, 3.05) is 12.4 Å². The fourth-order valence-corrected chi connectivity index (χ4v) is 3.91. The van der Waals surface area contributed by atoms with Crippen molar-refractivity contribution in [2.45, 2.75) is 20.1 Å². The highest BCUT2D eigenvalue weighted by molar-refractivity contribution is 14.1. The maximum atomic E-state index is 6.16. The lowest BCUT2D eigenvalue weighted by Gasteiger charge is -2.15. The molecule has 0 saturated heterocycles. The number of rotatable bonds is 7. The quantitative estimate of drug-likeness (QED) is 0.304. The van der Waals surface area contributed by atoms with Crippen molar-refractivity contribution < 1.29 is 9.47 Å². The average molecular weight is 573 g/mol. The first-order valence-electron chi connectivity index (χ1n) is 8.70. The number of methoxy groups -OCH3 is 1. The molecular weight excluding hydrogens is 553 g/mol. The van der Waals surface area contributed by atoms with Crippen LogP contribution < -0.4 is 14.8 Å². The number of hydrogen-bond acceptors (Lipinski definition) is 3. The second kappa shape index (κ2) is 9.85. The topological polar surface area (TPSA) is 30.5 Å². The summed E-state index contributed by atoms with van der Waals surface area (Å²) < 4.78 is 13.5.